The zero-order valence-electron chi connectivity index (χ0n) is 13.5. The first-order chi connectivity index (χ1) is 11.8. The molecule has 0 unspecified atom stereocenters. The van der Waals surface area contributed by atoms with Crippen molar-refractivity contribution in [1.29, 1.82) is 0 Å². The second-order valence-electron chi connectivity index (χ2n) is 5.71. The molecule has 1 saturated heterocycles. The van der Waals surface area contributed by atoms with Gasteiger partial charge in [0.1, 0.15) is 11.9 Å². The van der Waals surface area contributed by atoms with Crippen LogP contribution < -0.4 is 4.74 Å². The summed E-state index contributed by atoms with van der Waals surface area (Å²) in [5.74, 6) is 1.70. The molecule has 0 aliphatic carbocycles. The highest BCUT2D eigenvalue weighted by molar-refractivity contribution is 7.16. The van der Waals surface area contributed by atoms with Crippen molar-refractivity contribution in [2.75, 3.05) is 26.3 Å². The molecule has 0 spiro atoms. The predicted molar refractivity (Wildman–Crippen MR) is 90.2 cm³/mol. The first kappa shape index (κ1) is 15.5. The van der Waals surface area contributed by atoms with Crippen molar-refractivity contribution in [3.05, 3.63) is 41.2 Å². The molecule has 0 bridgehead atoms. The molecule has 1 aromatic carbocycles. The average molecular weight is 345 g/mol. The van der Waals surface area contributed by atoms with Crippen LogP contribution in [0.4, 0.5) is 0 Å². The highest BCUT2D eigenvalue weighted by Crippen LogP contribution is 2.25. The fourth-order valence-electron chi connectivity index (χ4n) is 2.65. The zero-order chi connectivity index (χ0) is 16.4. The maximum absolute atomic E-state index is 5.95. The lowest BCUT2D eigenvalue weighted by molar-refractivity contribution is 0.0328. The number of benzene rings is 1. The molecular formula is C16H19N5O2S. The van der Waals surface area contributed by atoms with Crippen LogP contribution in [-0.2, 0) is 11.3 Å². The Hall–Kier alpha value is -2.03. The maximum Gasteiger partial charge on any atom is 0.234 e. The summed E-state index contributed by atoms with van der Waals surface area (Å²) in [6.07, 6.45) is -0.129. The Morgan fingerprint density at radius 2 is 2.00 bits per heavy atom. The van der Waals surface area contributed by atoms with Crippen LogP contribution >= 0.6 is 11.3 Å². The van der Waals surface area contributed by atoms with Gasteiger partial charge in [0.25, 0.3) is 0 Å². The fourth-order valence-corrected chi connectivity index (χ4v) is 3.49. The van der Waals surface area contributed by atoms with Crippen LogP contribution in [0.5, 0.6) is 5.75 Å². The first-order valence-electron chi connectivity index (χ1n) is 8.02. The lowest BCUT2D eigenvalue weighted by Gasteiger charge is -2.25. The van der Waals surface area contributed by atoms with Crippen LogP contribution in [0.25, 0.3) is 4.96 Å². The fraction of sp³-hybridized carbons (Fsp3) is 0.438. The molecule has 1 fully saturated rings. The van der Waals surface area contributed by atoms with Gasteiger partial charge in [-0.3, -0.25) is 4.90 Å². The van der Waals surface area contributed by atoms with Crippen molar-refractivity contribution in [3.63, 3.8) is 0 Å². The van der Waals surface area contributed by atoms with Crippen molar-refractivity contribution < 1.29 is 9.47 Å². The van der Waals surface area contributed by atoms with E-state index in [0.717, 1.165) is 54.4 Å². The number of hydrogen-bond donors (Lipinski definition) is 0. The van der Waals surface area contributed by atoms with E-state index in [9.17, 15) is 0 Å². The summed E-state index contributed by atoms with van der Waals surface area (Å²) >= 11 is 1.52. The maximum atomic E-state index is 5.95. The van der Waals surface area contributed by atoms with E-state index in [1.807, 2.05) is 41.8 Å². The van der Waals surface area contributed by atoms with Crippen LogP contribution in [0.1, 0.15) is 23.9 Å². The van der Waals surface area contributed by atoms with Gasteiger partial charge in [0.05, 0.1) is 19.8 Å². The lowest BCUT2D eigenvalue weighted by atomic mass is 10.3. The zero-order valence-corrected chi connectivity index (χ0v) is 14.3. The van der Waals surface area contributed by atoms with E-state index in [2.05, 4.69) is 20.2 Å². The van der Waals surface area contributed by atoms with Gasteiger partial charge >= 0.3 is 0 Å². The van der Waals surface area contributed by atoms with Crippen molar-refractivity contribution in [3.8, 4) is 5.75 Å². The molecule has 1 atom stereocenters. The molecule has 1 aliphatic rings. The summed E-state index contributed by atoms with van der Waals surface area (Å²) in [5, 5.41) is 14.1. The van der Waals surface area contributed by atoms with Gasteiger partial charge in [-0.15, -0.1) is 10.2 Å². The van der Waals surface area contributed by atoms with Gasteiger partial charge in [0, 0.05) is 13.1 Å². The molecule has 7 nitrogen and oxygen atoms in total. The van der Waals surface area contributed by atoms with E-state index in [1.54, 1.807) is 0 Å². The lowest BCUT2D eigenvalue weighted by Crippen LogP contribution is -2.36. The van der Waals surface area contributed by atoms with Crippen molar-refractivity contribution >= 4 is 16.3 Å². The summed E-state index contributed by atoms with van der Waals surface area (Å²) in [4.78, 5) is 3.11. The molecular weight excluding hydrogens is 326 g/mol. The van der Waals surface area contributed by atoms with Gasteiger partial charge in [-0.25, -0.2) is 0 Å². The number of hydrogen-bond acceptors (Lipinski definition) is 7. The van der Waals surface area contributed by atoms with E-state index in [1.165, 1.54) is 11.3 Å². The molecule has 24 heavy (non-hydrogen) atoms. The third-order valence-corrected chi connectivity index (χ3v) is 5.00. The van der Waals surface area contributed by atoms with Crippen molar-refractivity contribution in [1.82, 2.24) is 24.7 Å². The van der Waals surface area contributed by atoms with Crippen molar-refractivity contribution in [2.45, 2.75) is 19.6 Å². The summed E-state index contributed by atoms with van der Waals surface area (Å²) in [6.45, 7) is 6.11. The summed E-state index contributed by atoms with van der Waals surface area (Å²) in [5.41, 5.74) is 0. The number of aromatic nitrogens is 4. The SMILES string of the molecule is C[C@H](Oc1ccccc1)c1nn2c(CN3CCOCC3)nnc2s1. The monoisotopic (exact) mass is 345 g/mol. The van der Waals surface area contributed by atoms with Crippen LogP contribution in [-0.4, -0.2) is 51.0 Å². The molecule has 8 heteroatoms. The summed E-state index contributed by atoms with van der Waals surface area (Å²) < 4.78 is 13.2. The topological polar surface area (TPSA) is 64.8 Å². The van der Waals surface area contributed by atoms with E-state index in [0.29, 0.717) is 0 Å². The molecule has 3 aromatic rings. The Labute approximate surface area is 143 Å². The molecule has 4 rings (SSSR count). The summed E-state index contributed by atoms with van der Waals surface area (Å²) in [6, 6.07) is 9.78. The number of nitrogens with zero attached hydrogens (tertiary/aromatic N) is 5. The van der Waals surface area contributed by atoms with Crippen molar-refractivity contribution in [2.24, 2.45) is 0 Å². The summed E-state index contributed by atoms with van der Waals surface area (Å²) in [7, 11) is 0. The van der Waals surface area contributed by atoms with Gasteiger partial charge in [-0.05, 0) is 19.1 Å². The van der Waals surface area contributed by atoms with Crippen LogP contribution in [0.2, 0.25) is 0 Å². The number of morpholine rings is 1. The minimum atomic E-state index is -0.129. The number of ether oxygens (including phenoxy) is 2. The Morgan fingerprint density at radius 1 is 1.21 bits per heavy atom. The number of para-hydroxylation sites is 1. The van der Waals surface area contributed by atoms with E-state index < -0.39 is 0 Å². The second-order valence-corrected chi connectivity index (χ2v) is 6.70. The third-order valence-electron chi connectivity index (χ3n) is 3.94. The Kier molecular flexibility index (Phi) is 4.42. The van der Waals surface area contributed by atoms with Gasteiger partial charge in [-0.2, -0.15) is 9.61 Å². The Bertz CT molecular complexity index is 797. The quantitative estimate of drug-likeness (QED) is 0.706. The normalized spacial score (nSPS) is 17.2. The molecule has 2 aromatic heterocycles. The van der Waals surface area contributed by atoms with E-state index in [4.69, 9.17) is 9.47 Å². The molecule has 0 amide bonds. The highest BCUT2D eigenvalue weighted by Gasteiger charge is 2.19. The van der Waals surface area contributed by atoms with Crippen LogP contribution in [0.15, 0.2) is 30.3 Å². The first-order valence-corrected chi connectivity index (χ1v) is 8.84. The molecule has 0 saturated carbocycles. The van der Waals surface area contributed by atoms with Gasteiger partial charge < -0.3 is 9.47 Å². The smallest absolute Gasteiger partial charge is 0.234 e. The van der Waals surface area contributed by atoms with E-state index >= 15 is 0 Å². The molecule has 0 N–H and O–H groups in total. The average Bonchev–Trinajstić information content (AvgIpc) is 3.19. The van der Waals surface area contributed by atoms with Crippen LogP contribution in [0.3, 0.4) is 0 Å². The predicted octanol–water partition coefficient (Wildman–Crippen LogP) is 2.16. The molecule has 3 heterocycles. The van der Waals surface area contributed by atoms with Gasteiger partial charge in [-0.1, -0.05) is 29.5 Å². The largest absolute Gasteiger partial charge is 0.483 e. The molecule has 1 aliphatic heterocycles. The van der Waals surface area contributed by atoms with Gasteiger partial charge in [0.15, 0.2) is 10.8 Å². The number of fused-ring (bicyclic) bond motifs is 1. The second kappa shape index (κ2) is 6.84. The molecule has 0 radical (unpaired) electrons. The van der Waals surface area contributed by atoms with E-state index in [-0.39, 0.29) is 6.10 Å². The minimum absolute atomic E-state index is 0.129. The minimum Gasteiger partial charge on any atom is -0.483 e. The Morgan fingerprint density at radius 3 is 2.79 bits per heavy atom. The standard InChI is InChI=1S/C16H19N5O2S/c1-12(23-13-5-3-2-4-6-13)15-19-21-14(17-18-16(21)24-15)11-20-7-9-22-10-8-20/h2-6,12H,7-11H2,1H3/t12-/m0/s1. The van der Waals surface area contributed by atoms with Crippen LogP contribution in [0, 0.1) is 0 Å². The third kappa shape index (κ3) is 3.26. The Balaban J connectivity index is 1.50. The molecule has 126 valence electrons. The van der Waals surface area contributed by atoms with Gasteiger partial charge in [0.2, 0.25) is 4.96 Å². The highest BCUT2D eigenvalue weighted by atomic mass is 32.1. The number of rotatable bonds is 5.